The molecule has 2 heterocycles. The molecule has 0 saturated heterocycles. The number of carbonyl (C=O) groups is 1. The van der Waals surface area contributed by atoms with Crippen molar-refractivity contribution in [1.82, 2.24) is 15.3 Å². The molecule has 0 bridgehead atoms. The lowest BCUT2D eigenvalue weighted by atomic mass is 10.3. The first-order valence-corrected chi connectivity index (χ1v) is 8.62. The second-order valence-corrected chi connectivity index (χ2v) is 6.24. The molecule has 26 heavy (non-hydrogen) atoms. The average molecular weight is 377 g/mol. The van der Waals surface area contributed by atoms with Crippen LogP contribution in [0.1, 0.15) is 39.8 Å². The summed E-state index contributed by atoms with van der Waals surface area (Å²) in [5.41, 5.74) is 7.50. The van der Waals surface area contributed by atoms with Crippen molar-refractivity contribution < 1.29 is 14.3 Å². The van der Waals surface area contributed by atoms with Crippen LogP contribution in [0, 0.1) is 0 Å². The second-order valence-electron chi connectivity index (χ2n) is 5.35. The Kier molecular flexibility index (Phi) is 6.96. The van der Waals surface area contributed by atoms with Gasteiger partial charge in [0.05, 0.1) is 35.6 Å². The van der Waals surface area contributed by atoms with E-state index in [9.17, 15) is 9.18 Å². The zero-order valence-corrected chi connectivity index (χ0v) is 15.0. The number of nitrogens with one attached hydrogen (secondary N) is 2. The Morgan fingerprint density at radius 3 is 2.85 bits per heavy atom. The Labute approximate surface area is 154 Å². The van der Waals surface area contributed by atoms with Gasteiger partial charge in [-0.25, -0.2) is 9.37 Å². The summed E-state index contributed by atoms with van der Waals surface area (Å²) in [5, 5.41) is 14.2. The number of halogens is 1. The number of carbonyl (C=O) groups excluding carboxylic acids is 1. The first-order valence-electron chi connectivity index (χ1n) is 7.74. The topological polar surface area (TPSA) is 116 Å². The zero-order valence-electron chi connectivity index (χ0n) is 14.2. The van der Waals surface area contributed by atoms with E-state index in [1.54, 1.807) is 17.5 Å². The number of hydrogen-bond donors (Lipinski definition) is 4. The maximum atomic E-state index is 12.9. The molecule has 2 aromatic rings. The van der Waals surface area contributed by atoms with Crippen LogP contribution in [0.5, 0.6) is 0 Å². The Hall–Kier alpha value is -2.62. The summed E-state index contributed by atoms with van der Waals surface area (Å²) in [4.78, 5) is 23.4. The molecule has 0 fully saturated rings. The number of rotatable bonds is 8. The summed E-state index contributed by atoms with van der Waals surface area (Å²) in [5.74, 6) is -0.736. The van der Waals surface area contributed by atoms with Crippen LogP contribution in [0.2, 0.25) is 0 Å². The molecule has 1 unspecified atom stereocenters. The lowest BCUT2D eigenvalue weighted by molar-refractivity contribution is 0.0933. The highest BCUT2D eigenvalue weighted by atomic mass is 32.1. The molecule has 0 saturated carbocycles. The number of thiazole rings is 1. The van der Waals surface area contributed by atoms with Crippen LogP contribution >= 0.6 is 11.3 Å². The summed E-state index contributed by atoms with van der Waals surface area (Å²) >= 11 is 1.32. The van der Waals surface area contributed by atoms with Crippen molar-refractivity contribution in [3.8, 4) is 0 Å². The van der Waals surface area contributed by atoms with E-state index in [2.05, 4.69) is 27.0 Å². The van der Waals surface area contributed by atoms with Gasteiger partial charge < -0.3 is 21.1 Å². The SMILES string of the molecule is C=N/C(=C\C=C(/C)F)c1ccc(C(=O)NC(CN)c2nc(CO)cs2)[nH]1. The largest absolute Gasteiger partial charge is 0.390 e. The maximum Gasteiger partial charge on any atom is 0.268 e. The van der Waals surface area contributed by atoms with Gasteiger partial charge in [0.2, 0.25) is 0 Å². The number of aliphatic imine (C=N–C) groups is 1. The van der Waals surface area contributed by atoms with Crippen molar-refractivity contribution in [2.75, 3.05) is 6.54 Å². The minimum absolute atomic E-state index is 0.164. The van der Waals surface area contributed by atoms with E-state index in [1.807, 2.05) is 0 Å². The number of aliphatic hydroxyl groups excluding tert-OH is 1. The number of nitrogens with zero attached hydrogens (tertiary/aromatic N) is 2. The number of aromatic nitrogens is 2. The number of amides is 1. The van der Waals surface area contributed by atoms with E-state index in [4.69, 9.17) is 10.8 Å². The third-order valence-electron chi connectivity index (χ3n) is 3.42. The Balaban J connectivity index is 2.14. The fourth-order valence-electron chi connectivity index (χ4n) is 2.11. The number of aliphatic hydroxyl groups is 1. The monoisotopic (exact) mass is 377 g/mol. The number of nitrogens with two attached hydrogens (primary N) is 1. The molecule has 0 aromatic carbocycles. The molecule has 1 amide bonds. The number of allylic oxidation sites excluding steroid dienone is 3. The molecule has 0 aliphatic carbocycles. The summed E-state index contributed by atoms with van der Waals surface area (Å²) in [6, 6.07) is 2.77. The summed E-state index contributed by atoms with van der Waals surface area (Å²) in [6.45, 7) is 4.76. The predicted octanol–water partition coefficient (Wildman–Crippen LogP) is 2.31. The third-order valence-corrected chi connectivity index (χ3v) is 4.43. The number of hydrogen-bond acceptors (Lipinski definition) is 6. The quantitative estimate of drug-likeness (QED) is 0.417. The van der Waals surface area contributed by atoms with Crippen LogP contribution in [0.4, 0.5) is 4.39 Å². The molecule has 0 radical (unpaired) electrons. The normalized spacial score (nSPS) is 13.5. The van der Waals surface area contributed by atoms with Crippen LogP contribution in [-0.2, 0) is 6.61 Å². The average Bonchev–Trinajstić information content (AvgIpc) is 3.29. The predicted molar refractivity (Wildman–Crippen MR) is 100 cm³/mol. The van der Waals surface area contributed by atoms with Crippen LogP contribution in [0.3, 0.4) is 0 Å². The van der Waals surface area contributed by atoms with Crippen LogP contribution in [0.15, 0.2) is 40.5 Å². The lowest BCUT2D eigenvalue weighted by Crippen LogP contribution is -2.33. The molecule has 9 heteroatoms. The highest BCUT2D eigenvalue weighted by molar-refractivity contribution is 7.09. The summed E-state index contributed by atoms with van der Waals surface area (Å²) in [6.07, 6.45) is 2.72. The van der Waals surface area contributed by atoms with Gasteiger partial charge in [0.1, 0.15) is 10.7 Å². The fraction of sp³-hybridized carbons (Fsp3) is 0.235. The van der Waals surface area contributed by atoms with Crippen LogP contribution < -0.4 is 11.1 Å². The first-order chi connectivity index (χ1) is 12.5. The van der Waals surface area contributed by atoms with Gasteiger partial charge in [-0.05, 0) is 37.9 Å². The standard InChI is InChI=1S/C17H20FN5O2S/c1-10(18)3-4-12(20-2)13-5-6-14(22-13)16(25)23-15(7-19)17-21-11(8-24)9-26-17/h3-6,9,15,22,24H,2,7-8,19H2,1H3,(H,23,25)/b10-3+,12-4-. The van der Waals surface area contributed by atoms with Gasteiger partial charge in [-0.15, -0.1) is 11.3 Å². The van der Waals surface area contributed by atoms with Crippen LogP contribution in [0.25, 0.3) is 5.70 Å². The van der Waals surface area contributed by atoms with Gasteiger partial charge in [0.15, 0.2) is 0 Å². The first kappa shape index (κ1) is 19.7. The number of aromatic amines is 1. The van der Waals surface area contributed by atoms with Crippen molar-refractivity contribution in [1.29, 1.82) is 0 Å². The van der Waals surface area contributed by atoms with E-state index >= 15 is 0 Å². The zero-order chi connectivity index (χ0) is 19.1. The molecule has 0 aliphatic rings. The Morgan fingerprint density at radius 2 is 2.27 bits per heavy atom. The van der Waals surface area contributed by atoms with Crippen molar-refractivity contribution in [3.05, 3.63) is 57.6 Å². The Morgan fingerprint density at radius 1 is 1.54 bits per heavy atom. The smallest absolute Gasteiger partial charge is 0.268 e. The highest BCUT2D eigenvalue weighted by Crippen LogP contribution is 2.19. The summed E-state index contributed by atoms with van der Waals surface area (Å²) < 4.78 is 12.9. The van der Waals surface area contributed by atoms with E-state index in [0.29, 0.717) is 27.8 Å². The maximum absolute atomic E-state index is 12.9. The minimum Gasteiger partial charge on any atom is -0.390 e. The van der Waals surface area contributed by atoms with Gasteiger partial charge >= 0.3 is 0 Å². The molecule has 1 atom stereocenters. The van der Waals surface area contributed by atoms with E-state index in [-0.39, 0.29) is 24.9 Å². The third kappa shape index (κ3) is 4.94. The molecule has 2 aromatic heterocycles. The van der Waals surface area contributed by atoms with Crippen molar-refractivity contribution in [2.45, 2.75) is 19.6 Å². The number of H-pyrrole nitrogens is 1. The Bertz CT molecular complexity index is 836. The lowest BCUT2D eigenvalue weighted by Gasteiger charge is -2.13. The second kappa shape index (κ2) is 9.18. The van der Waals surface area contributed by atoms with Crippen molar-refractivity contribution in [3.63, 3.8) is 0 Å². The molecule has 5 N–H and O–H groups in total. The fourth-order valence-corrected chi connectivity index (χ4v) is 2.98. The van der Waals surface area contributed by atoms with E-state index in [0.717, 1.165) is 0 Å². The van der Waals surface area contributed by atoms with E-state index < -0.39 is 6.04 Å². The van der Waals surface area contributed by atoms with Gasteiger partial charge in [-0.2, -0.15) is 0 Å². The molecule has 0 aliphatic heterocycles. The minimum atomic E-state index is -0.468. The molecule has 138 valence electrons. The summed E-state index contributed by atoms with van der Waals surface area (Å²) in [7, 11) is 0. The molecule has 0 spiro atoms. The van der Waals surface area contributed by atoms with Gasteiger partial charge in [-0.1, -0.05) is 0 Å². The van der Waals surface area contributed by atoms with Gasteiger partial charge in [0.25, 0.3) is 5.91 Å². The van der Waals surface area contributed by atoms with Gasteiger partial charge in [-0.3, -0.25) is 9.79 Å². The van der Waals surface area contributed by atoms with Crippen molar-refractivity contribution >= 4 is 29.7 Å². The molecular formula is C17H20FN5O2S. The highest BCUT2D eigenvalue weighted by Gasteiger charge is 2.19. The van der Waals surface area contributed by atoms with Gasteiger partial charge in [0, 0.05) is 11.9 Å². The van der Waals surface area contributed by atoms with Crippen LogP contribution in [-0.4, -0.2) is 34.2 Å². The molecular weight excluding hydrogens is 357 g/mol. The van der Waals surface area contributed by atoms with E-state index in [1.165, 1.54) is 30.4 Å². The van der Waals surface area contributed by atoms with Crippen molar-refractivity contribution in [2.24, 2.45) is 10.7 Å². The molecule has 7 nitrogen and oxygen atoms in total. The molecule has 2 rings (SSSR count).